The number of carbonyl (C=O) groups is 2. The molecule has 0 spiro atoms. The highest BCUT2D eigenvalue weighted by molar-refractivity contribution is 7.90. The minimum atomic E-state index is -3.20. The topological polar surface area (TPSA) is 92.3 Å². The molecular formula is C17H26N2O4S. The Kier molecular flexibility index (Phi) is 7.41. The van der Waals surface area contributed by atoms with Gasteiger partial charge in [0.25, 0.3) is 0 Å². The Morgan fingerprint density at radius 3 is 2.25 bits per heavy atom. The first-order valence-electron chi connectivity index (χ1n) is 7.89. The molecule has 2 N–H and O–H groups in total. The standard InChI is InChI=1S/C17H26N2O4S/c1-17(2,3)16(21)19-12-15(20)18-10-7-11-24(22,23)13-14-8-5-4-6-9-14/h4-6,8-9H,7,10-13H2,1-3H3,(H,18,20)(H,19,21). The van der Waals surface area contributed by atoms with Gasteiger partial charge in [-0.1, -0.05) is 51.1 Å². The molecule has 2 amide bonds. The first kappa shape index (κ1) is 20.2. The third kappa shape index (κ3) is 8.10. The SMILES string of the molecule is CC(C)(C)C(=O)NCC(=O)NCCCS(=O)(=O)Cc1ccccc1. The molecule has 0 aliphatic carbocycles. The molecule has 0 aliphatic rings. The van der Waals surface area contributed by atoms with Crippen LogP contribution < -0.4 is 10.6 Å². The highest BCUT2D eigenvalue weighted by Gasteiger charge is 2.21. The second-order valence-corrected chi connectivity index (χ2v) is 8.90. The van der Waals surface area contributed by atoms with Gasteiger partial charge < -0.3 is 10.6 Å². The lowest BCUT2D eigenvalue weighted by Crippen LogP contribution is -2.42. The number of nitrogens with one attached hydrogen (secondary N) is 2. The summed E-state index contributed by atoms with van der Waals surface area (Å²) in [7, 11) is -3.20. The van der Waals surface area contributed by atoms with Crippen LogP contribution in [0.2, 0.25) is 0 Å². The Balaban J connectivity index is 2.25. The van der Waals surface area contributed by atoms with Crippen molar-refractivity contribution in [2.75, 3.05) is 18.8 Å². The number of sulfone groups is 1. The monoisotopic (exact) mass is 354 g/mol. The van der Waals surface area contributed by atoms with E-state index >= 15 is 0 Å². The van der Waals surface area contributed by atoms with Crippen LogP contribution in [-0.2, 0) is 25.2 Å². The van der Waals surface area contributed by atoms with Crippen molar-refractivity contribution in [3.05, 3.63) is 35.9 Å². The normalized spacial score (nSPS) is 11.8. The van der Waals surface area contributed by atoms with Crippen LogP contribution in [0.25, 0.3) is 0 Å². The van der Waals surface area contributed by atoms with Gasteiger partial charge in [0.05, 0.1) is 18.1 Å². The van der Waals surface area contributed by atoms with Crippen LogP contribution in [0.4, 0.5) is 0 Å². The highest BCUT2D eigenvalue weighted by atomic mass is 32.2. The van der Waals surface area contributed by atoms with Gasteiger partial charge in [-0.3, -0.25) is 9.59 Å². The summed E-state index contributed by atoms with van der Waals surface area (Å²) in [5, 5.41) is 5.15. The number of benzene rings is 1. The van der Waals surface area contributed by atoms with E-state index in [1.807, 2.05) is 6.07 Å². The van der Waals surface area contributed by atoms with Crippen molar-refractivity contribution in [1.29, 1.82) is 0 Å². The first-order chi connectivity index (χ1) is 11.1. The van der Waals surface area contributed by atoms with E-state index in [4.69, 9.17) is 0 Å². The Bertz CT molecular complexity index is 649. The van der Waals surface area contributed by atoms with Gasteiger partial charge in [-0.2, -0.15) is 0 Å². The van der Waals surface area contributed by atoms with Crippen LogP contribution in [-0.4, -0.2) is 39.1 Å². The molecule has 0 unspecified atom stereocenters. The van der Waals surface area contributed by atoms with Crippen LogP contribution in [0.5, 0.6) is 0 Å². The van der Waals surface area contributed by atoms with Crippen molar-refractivity contribution in [3.8, 4) is 0 Å². The molecule has 1 rings (SSSR count). The molecule has 0 bridgehead atoms. The summed E-state index contributed by atoms with van der Waals surface area (Å²) in [6.45, 7) is 5.44. The summed E-state index contributed by atoms with van der Waals surface area (Å²) < 4.78 is 24.0. The fourth-order valence-corrected chi connectivity index (χ4v) is 3.34. The van der Waals surface area contributed by atoms with Crippen molar-refractivity contribution in [3.63, 3.8) is 0 Å². The summed E-state index contributed by atoms with van der Waals surface area (Å²) in [5.41, 5.74) is 0.206. The summed E-state index contributed by atoms with van der Waals surface area (Å²) >= 11 is 0. The van der Waals surface area contributed by atoms with Gasteiger partial charge >= 0.3 is 0 Å². The molecule has 24 heavy (non-hydrogen) atoms. The molecule has 0 saturated heterocycles. The molecule has 0 aliphatic heterocycles. The summed E-state index contributed by atoms with van der Waals surface area (Å²) in [4.78, 5) is 23.2. The first-order valence-corrected chi connectivity index (χ1v) is 9.72. The zero-order chi connectivity index (χ0) is 18.2. The lowest BCUT2D eigenvalue weighted by molar-refractivity contribution is -0.131. The van der Waals surface area contributed by atoms with E-state index in [-0.39, 0.29) is 36.4 Å². The van der Waals surface area contributed by atoms with E-state index in [1.165, 1.54) is 0 Å². The summed E-state index contributed by atoms with van der Waals surface area (Å²) in [5.74, 6) is -0.518. The minimum absolute atomic E-state index is 0.00340. The molecule has 0 aromatic heterocycles. The average molecular weight is 354 g/mol. The molecule has 0 saturated carbocycles. The van der Waals surface area contributed by atoms with Gasteiger partial charge in [-0.15, -0.1) is 0 Å². The quantitative estimate of drug-likeness (QED) is 0.688. The Morgan fingerprint density at radius 2 is 1.67 bits per heavy atom. The second kappa shape index (κ2) is 8.82. The molecule has 0 fully saturated rings. The maximum Gasteiger partial charge on any atom is 0.239 e. The summed E-state index contributed by atoms with van der Waals surface area (Å²) in [6, 6.07) is 8.99. The van der Waals surface area contributed by atoms with E-state index in [0.29, 0.717) is 6.42 Å². The van der Waals surface area contributed by atoms with Crippen LogP contribution in [0.3, 0.4) is 0 Å². The van der Waals surface area contributed by atoms with E-state index in [2.05, 4.69) is 10.6 Å². The van der Waals surface area contributed by atoms with Gasteiger partial charge in [0.15, 0.2) is 9.84 Å². The van der Waals surface area contributed by atoms with Gasteiger partial charge in [0.1, 0.15) is 0 Å². The zero-order valence-corrected chi connectivity index (χ0v) is 15.3. The van der Waals surface area contributed by atoms with Crippen molar-refractivity contribution in [1.82, 2.24) is 10.6 Å². The van der Waals surface area contributed by atoms with E-state index in [1.54, 1.807) is 45.0 Å². The van der Waals surface area contributed by atoms with Crippen molar-refractivity contribution < 1.29 is 18.0 Å². The van der Waals surface area contributed by atoms with Gasteiger partial charge in [-0.05, 0) is 12.0 Å². The molecule has 6 nitrogen and oxygen atoms in total. The molecular weight excluding hydrogens is 328 g/mol. The Morgan fingerprint density at radius 1 is 1.04 bits per heavy atom. The smallest absolute Gasteiger partial charge is 0.239 e. The third-order valence-electron chi connectivity index (χ3n) is 3.27. The molecule has 7 heteroatoms. The van der Waals surface area contributed by atoms with Gasteiger partial charge in [0.2, 0.25) is 11.8 Å². The molecule has 0 heterocycles. The van der Waals surface area contributed by atoms with Gasteiger partial charge in [-0.25, -0.2) is 8.42 Å². The average Bonchev–Trinajstić information content (AvgIpc) is 2.48. The largest absolute Gasteiger partial charge is 0.355 e. The van der Waals surface area contributed by atoms with Crippen LogP contribution in [0, 0.1) is 5.41 Å². The maximum atomic E-state index is 12.0. The Hall–Kier alpha value is -1.89. The highest BCUT2D eigenvalue weighted by Crippen LogP contribution is 2.11. The maximum absolute atomic E-state index is 12.0. The predicted octanol–water partition coefficient (Wildman–Crippen LogP) is 1.27. The van der Waals surface area contributed by atoms with E-state index < -0.39 is 15.3 Å². The molecule has 1 aromatic rings. The third-order valence-corrected chi connectivity index (χ3v) is 4.96. The van der Waals surface area contributed by atoms with E-state index in [0.717, 1.165) is 5.56 Å². The van der Waals surface area contributed by atoms with Crippen molar-refractivity contribution in [2.24, 2.45) is 5.41 Å². The summed E-state index contributed by atoms with van der Waals surface area (Å²) in [6.07, 6.45) is 0.341. The van der Waals surface area contributed by atoms with Crippen LogP contribution in [0.15, 0.2) is 30.3 Å². The lowest BCUT2D eigenvalue weighted by Gasteiger charge is -2.17. The second-order valence-electron chi connectivity index (χ2n) is 6.71. The lowest BCUT2D eigenvalue weighted by atomic mass is 9.96. The number of amides is 2. The van der Waals surface area contributed by atoms with Crippen LogP contribution in [0.1, 0.15) is 32.8 Å². The van der Waals surface area contributed by atoms with Crippen molar-refractivity contribution in [2.45, 2.75) is 32.9 Å². The predicted molar refractivity (Wildman–Crippen MR) is 94.0 cm³/mol. The molecule has 1 aromatic carbocycles. The van der Waals surface area contributed by atoms with E-state index in [9.17, 15) is 18.0 Å². The molecule has 134 valence electrons. The fourth-order valence-electron chi connectivity index (χ4n) is 1.91. The number of hydrogen-bond acceptors (Lipinski definition) is 4. The minimum Gasteiger partial charge on any atom is -0.355 e. The zero-order valence-electron chi connectivity index (χ0n) is 14.5. The molecule has 0 atom stereocenters. The number of carbonyl (C=O) groups excluding carboxylic acids is 2. The molecule has 0 radical (unpaired) electrons. The number of hydrogen-bond donors (Lipinski definition) is 2. The van der Waals surface area contributed by atoms with Gasteiger partial charge in [0, 0.05) is 12.0 Å². The number of rotatable bonds is 8. The fraction of sp³-hybridized carbons (Fsp3) is 0.529. The Labute approximate surface area is 143 Å². The van der Waals surface area contributed by atoms with Crippen LogP contribution >= 0.6 is 0 Å². The van der Waals surface area contributed by atoms with Crippen molar-refractivity contribution >= 4 is 21.7 Å².